The van der Waals surface area contributed by atoms with Crippen molar-refractivity contribution in [3.8, 4) is 5.75 Å². The Hall–Kier alpha value is -0.970. The van der Waals surface area contributed by atoms with Crippen molar-refractivity contribution >= 4 is 22.4 Å². The molecule has 0 bridgehead atoms. The molecule has 2 fully saturated rings. The highest BCUT2D eigenvalue weighted by molar-refractivity contribution is 7.11. The van der Waals surface area contributed by atoms with Gasteiger partial charge in [0.05, 0.1) is 7.11 Å². The van der Waals surface area contributed by atoms with E-state index in [0.717, 1.165) is 23.2 Å². The van der Waals surface area contributed by atoms with Crippen molar-refractivity contribution in [1.82, 2.24) is 4.37 Å². The van der Waals surface area contributed by atoms with Gasteiger partial charge in [0, 0.05) is 12.6 Å². The minimum absolute atomic E-state index is 0.537. The predicted molar refractivity (Wildman–Crippen MR) is 75.4 cm³/mol. The van der Waals surface area contributed by atoms with Gasteiger partial charge in [-0.3, -0.25) is 0 Å². The van der Waals surface area contributed by atoms with Gasteiger partial charge >= 0.3 is 0 Å². The first kappa shape index (κ1) is 12.1. The van der Waals surface area contributed by atoms with Crippen LogP contribution in [0.25, 0.3) is 0 Å². The van der Waals surface area contributed by atoms with Crippen LogP contribution in [0, 0.1) is 5.92 Å². The number of nitrogen functional groups attached to an aromatic ring is 1. The Bertz CT molecular complexity index is 418. The van der Waals surface area contributed by atoms with Crippen LogP contribution in [-0.2, 0) is 0 Å². The van der Waals surface area contributed by atoms with Crippen LogP contribution in [0.3, 0.4) is 0 Å². The summed E-state index contributed by atoms with van der Waals surface area (Å²) in [5.74, 6) is 2.18. The fourth-order valence-electron chi connectivity index (χ4n) is 3.54. The van der Waals surface area contributed by atoms with Gasteiger partial charge in [-0.05, 0) is 43.1 Å². The zero-order valence-electron chi connectivity index (χ0n) is 10.9. The minimum Gasteiger partial charge on any atom is -0.490 e. The maximum absolute atomic E-state index is 5.87. The number of nitrogens with zero attached hydrogens (tertiary/aromatic N) is 2. The molecule has 1 aliphatic carbocycles. The highest BCUT2D eigenvalue weighted by atomic mass is 32.1. The molecule has 100 valence electrons. The first-order valence-electron chi connectivity index (χ1n) is 6.87. The molecule has 0 amide bonds. The molecule has 2 N–H and O–H groups in total. The van der Waals surface area contributed by atoms with Crippen LogP contribution in [0.15, 0.2) is 0 Å². The Balaban J connectivity index is 1.89. The summed E-state index contributed by atoms with van der Waals surface area (Å²) in [6, 6.07) is 0.682. The Morgan fingerprint density at radius 1 is 1.28 bits per heavy atom. The van der Waals surface area contributed by atoms with E-state index < -0.39 is 0 Å². The molecule has 2 atom stereocenters. The van der Waals surface area contributed by atoms with Gasteiger partial charge in [-0.1, -0.05) is 12.8 Å². The second-order valence-electron chi connectivity index (χ2n) is 5.35. The first-order valence-corrected chi connectivity index (χ1v) is 7.64. The smallest absolute Gasteiger partial charge is 0.197 e. The maximum atomic E-state index is 5.87. The quantitative estimate of drug-likeness (QED) is 0.895. The lowest BCUT2D eigenvalue weighted by molar-refractivity contribution is 0.243. The lowest BCUT2D eigenvalue weighted by atomic mass is 9.78. The summed E-state index contributed by atoms with van der Waals surface area (Å²) in [5.41, 5.74) is 5.87. The number of nitrogens with two attached hydrogens (primary N) is 1. The monoisotopic (exact) mass is 267 g/mol. The van der Waals surface area contributed by atoms with E-state index in [4.69, 9.17) is 10.5 Å². The fourth-order valence-corrected chi connectivity index (χ4v) is 4.41. The number of anilines is 2. The second kappa shape index (κ2) is 4.96. The average Bonchev–Trinajstić information content (AvgIpc) is 2.79. The van der Waals surface area contributed by atoms with Gasteiger partial charge in [-0.2, -0.15) is 4.37 Å². The van der Waals surface area contributed by atoms with Crippen molar-refractivity contribution < 1.29 is 4.74 Å². The molecule has 4 nitrogen and oxygen atoms in total. The molecular weight excluding hydrogens is 246 g/mol. The Kier molecular flexibility index (Phi) is 3.33. The van der Waals surface area contributed by atoms with Crippen molar-refractivity contribution in [1.29, 1.82) is 0 Å². The summed E-state index contributed by atoms with van der Waals surface area (Å²) < 4.78 is 9.68. The second-order valence-corrected chi connectivity index (χ2v) is 6.11. The Morgan fingerprint density at radius 3 is 2.89 bits per heavy atom. The van der Waals surface area contributed by atoms with Gasteiger partial charge in [0.15, 0.2) is 16.6 Å². The SMILES string of the molecule is COc1c(N)nsc1N1CCC[C@H]2CCCC[C@H]21. The number of methoxy groups -OCH3 is 1. The van der Waals surface area contributed by atoms with Crippen LogP contribution in [0.4, 0.5) is 10.8 Å². The summed E-state index contributed by atoms with van der Waals surface area (Å²) in [4.78, 5) is 2.51. The van der Waals surface area contributed by atoms with Crippen LogP contribution in [0.1, 0.15) is 38.5 Å². The van der Waals surface area contributed by atoms with Crippen molar-refractivity contribution in [2.75, 3.05) is 24.3 Å². The highest BCUT2D eigenvalue weighted by Crippen LogP contribution is 2.44. The van der Waals surface area contributed by atoms with Gasteiger partial charge in [-0.25, -0.2) is 0 Å². The van der Waals surface area contributed by atoms with Crippen LogP contribution >= 0.6 is 11.5 Å². The van der Waals surface area contributed by atoms with E-state index in [9.17, 15) is 0 Å². The summed E-state index contributed by atoms with van der Waals surface area (Å²) >= 11 is 1.49. The summed E-state index contributed by atoms with van der Waals surface area (Å²) in [7, 11) is 1.69. The van der Waals surface area contributed by atoms with Gasteiger partial charge in [-0.15, -0.1) is 0 Å². The number of hydrogen-bond acceptors (Lipinski definition) is 5. The number of rotatable bonds is 2. The van der Waals surface area contributed by atoms with Crippen LogP contribution in [0.5, 0.6) is 5.75 Å². The minimum atomic E-state index is 0.537. The van der Waals surface area contributed by atoms with Crippen molar-refractivity contribution in [2.45, 2.75) is 44.6 Å². The van der Waals surface area contributed by atoms with Crippen LogP contribution < -0.4 is 15.4 Å². The Labute approximate surface area is 112 Å². The molecule has 1 saturated heterocycles. The molecule has 3 rings (SSSR count). The summed E-state index contributed by atoms with van der Waals surface area (Å²) in [6.07, 6.45) is 8.12. The normalized spacial score (nSPS) is 27.9. The standard InChI is InChI=1S/C13H21N3OS/c1-17-11-12(14)15-18-13(11)16-8-4-6-9-5-2-3-7-10(9)16/h9-10H,2-8H2,1H3,(H2,14,15)/t9-,10-/m1/s1. The lowest BCUT2D eigenvalue weighted by Gasteiger charge is -2.44. The van der Waals surface area contributed by atoms with Gasteiger partial charge < -0.3 is 15.4 Å². The van der Waals surface area contributed by atoms with Gasteiger partial charge in [0.1, 0.15) is 0 Å². The zero-order chi connectivity index (χ0) is 12.5. The van der Waals surface area contributed by atoms with Crippen LogP contribution in [-0.4, -0.2) is 24.1 Å². The zero-order valence-corrected chi connectivity index (χ0v) is 11.7. The van der Waals surface area contributed by atoms with E-state index in [1.165, 1.54) is 50.1 Å². The van der Waals surface area contributed by atoms with E-state index in [-0.39, 0.29) is 0 Å². The highest BCUT2D eigenvalue weighted by Gasteiger charge is 2.35. The third kappa shape index (κ3) is 1.94. The molecule has 18 heavy (non-hydrogen) atoms. The molecule has 0 aromatic carbocycles. The van der Waals surface area contributed by atoms with Crippen molar-refractivity contribution in [2.24, 2.45) is 5.92 Å². The van der Waals surface area contributed by atoms with Crippen molar-refractivity contribution in [3.63, 3.8) is 0 Å². The molecule has 2 heterocycles. The largest absolute Gasteiger partial charge is 0.490 e. The summed E-state index contributed by atoms with van der Waals surface area (Å²) in [6.45, 7) is 1.12. The molecule has 2 aliphatic rings. The van der Waals surface area contributed by atoms with E-state index in [1.54, 1.807) is 7.11 Å². The van der Waals surface area contributed by atoms with Crippen LogP contribution in [0.2, 0.25) is 0 Å². The Morgan fingerprint density at radius 2 is 2.06 bits per heavy atom. The van der Waals surface area contributed by atoms with Gasteiger partial charge in [0.2, 0.25) is 0 Å². The maximum Gasteiger partial charge on any atom is 0.197 e. The first-order chi connectivity index (χ1) is 8.81. The number of ether oxygens (including phenoxy) is 1. The van der Waals surface area contributed by atoms with E-state index in [0.29, 0.717) is 11.9 Å². The van der Waals surface area contributed by atoms with Crippen molar-refractivity contribution in [3.05, 3.63) is 0 Å². The summed E-state index contributed by atoms with van der Waals surface area (Å²) in [5, 5.41) is 1.15. The molecule has 1 saturated carbocycles. The van der Waals surface area contributed by atoms with E-state index >= 15 is 0 Å². The third-order valence-electron chi connectivity index (χ3n) is 4.37. The third-order valence-corrected chi connectivity index (χ3v) is 5.25. The topological polar surface area (TPSA) is 51.4 Å². The average molecular weight is 267 g/mol. The molecular formula is C13H21N3OS. The lowest BCUT2D eigenvalue weighted by Crippen LogP contribution is -2.46. The number of fused-ring (bicyclic) bond motifs is 1. The van der Waals surface area contributed by atoms with Gasteiger partial charge in [0.25, 0.3) is 0 Å². The number of hydrogen-bond donors (Lipinski definition) is 1. The van der Waals surface area contributed by atoms with E-state index in [2.05, 4.69) is 9.27 Å². The molecule has 5 heteroatoms. The molecule has 1 aromatic rings. The number of piperidine rings is 1. The van der Waals surface area contributed by atoms with E-state index in [1.807, 2.05) is 0 Å². The number of aromatic nitrogens is 1. The predicted octanol–water partition coefficient (Wildman–Crippen LogP) is 2.89. The molecule has 0 spiro atoms. The fraction of sp³-hybridized carbons (Fsp3) is 0.769. The molecule has 1 aromatic heterocycles. The molecule has 1 aliphatic heterocycles. The molecule has 0 unspecified atom stereocenters. The molecule has 0 radical (unpaired) electrons.